The molecule has 1 N–H and O–H groups in total. The number of hydrogen-bond donors (Lipinski definition) is 1. The Morgan fingerprint density at radius 1 is 1.25 bits per heavy atom. The number of pyridine rings is 1. The minimum atomic E-state index is 0.420. The highest BCUT2D eigenvalue weighted by Crippen LogP contribution is 2.31. The first-order valence-corrected chi connectivity index (χ1v) is 7.22. The summed E-state index contributed by atoms with van der Waals surface area (Å²) in [6.45, 7) is 3.43. The molecular weight excluding hydrogens is 295 g/mol. The Kier molecular flexibility index (Phi) is 5.50. The van der Waals surface area contributed by atoms with Gasteiger partial charge in [0.15, 0.2) is 0 Å². The number of benzene rings is 1. The minimum Gasteiger partial charge on any atom is -0.487 e. The highest BCUT2D eigenvalue weighted by molar-refractivity contribution is 6.42. The summed E-state index contributed by atoms with van der Waals surface area (Å²) in [5, 5.41) is 4.17. The smallest absolute Gasteiger partial charge is 0.139 e. The Bertz CT molecular complexity index is 576. The maximum Gasteiger partial charge on any atom is 0.139 e. The van der Waals surface area contributed by atoms with Crippen molar-refractivity contribution in [3.05, 3.63) is 52.1 Å². The van der Waals surface area contributed by atoms with Gasteiger partial charge in [0.25, 0.3) is 0 Å². The second-order valence-electron chi connectivity index (χ2n) is 4.32. The van der Waals surface area contributed by atoms with Gasteiger partial charge in [0.2, 0.25) is 0 Å². The van der Waals surface area contributed by atoms with Gasteiger partial charge in [-0.15, -0.1) is 0 Å². The van der Waals surface area contributed by atoms with Crippen LogP contribution in [0.5, 0.6) is 5.75 Å². The van der Waals surface area contributed by atoms with Crippen molar-refractivity contribution >= 4 is 29.0 Å². The van der Waals surface area contributed by atoms with Crippen molar-refractivity contribution in [2.75, 3.05) is 11.9 Å². The fraction of sp³-hybridized carbons (Fsp3) is 0.267. The number of halogens is 2. The highest BCUT2D eigenvalue weighted by Gasteiger charge is 2.06. The van der Waals surface area contributed by atoms with Crippen molar-refractivity contribution in [1.82, 2.24) is 4.98 Å². The molecule has 0 unspecified atom stereocenters. The number of nitrogens with one attached hydrogen (secondary N) is 1. The second-order valence-corrected chi connectivity index (χ2v) is 5.10. The molecule has 0 aliphatic carbocycles. The van der Waals surface area contributed by atoms with E-state index in [1.807, 2.05) is 18.2 Å². The molecule has 0 radical (unpaired) electrons. The second kappa shape index (κ2) is 7.36. The van der Waals surface area contributed by atoms with Gasteiger partial charge in [0.1, 0.15) is 23.2 Å². The van der Waals surface area contributed by atoms with Gasteiger partial charge >= 0.3 is 0 Å². The summed E-state index contributed by atoms with van der Waals surface area (Å²) >= 11 is 12.0. The molecule has 5 heteroatoms. The van der Waals surface area contributed by atoms with E-state index in [-0.39, 0.29) is 0 Å². The van der Waals surface area contributed by atoms with Gasteiger partial charge in [0.05, 0.1) is 5.02 Å². The summed E-state index contributed by atoms with van der Waals surface area (Å²) in [5.74, 6) is 1.43. The average molecular weight is 311 g/mol. The molecule has 2 rings (SSSR count). The van der Waals surface area contributed by atoms with Crippen LogP contribution in [0.25, 0.3) is 0 Å². The van der Waals surface area contributed by atoms with Crippen LogP contribution in [0.1, 0.15) is 18.9 Å². The van der Waals surface area contributed by atoms with Gasteiger partial charge in [-0.2, -0.15) is 0 Å². The Morgan fingerprint density at radius 3 is 2.90 bits per heavy atom. The van der Waals surface area contributed by atoms with Gasteiger partial charge < -0.3 is 10.1 Å². The van der Waals surface area contributed by atoms with Crippen LogP contribution in [0.4, 0.5) is 5.82 Å². The van der Waals surface area contributed by atoms with Crippen molar-refractivity contribution in [3.63, 3.8) is 0 Å². The van der Waals surface area contributed by atoms with E-state index in [0.717, 1.165) is 24.3 Å². The first-order valence-electron chi connectivity index (χ1n) is 6.46. The lowest BCUT2D eigenvalue weighted by Crippen LogP contribution is -2.03. The molecule has 0 saturated heterocycles. The summed E-state index contributed by atoms with van der Waals surface area (Å²) < 4.78 is 5.69. The molecule has 2 aromatic rings. The zero-order chi connectivity index (χ0) is 14.4. The summed E-state index contributed by atoms with van der Waals surface area (Å²) in [7, 11) is 0. The van der Waals surface area contributed by atoms with Crippen molar-refractivity contribution in [1.29, 1.82) is 0 Å². The predicted octanol–water partition coefficient (Wildman–Crippen LogP) is 4.79. The zero-order valence-corrected chi connectivity index (χ0v) is 12.7. The van der Waals surface area contributed by atoms with E-state index in [0.29, 0.717) is 22.4 Å². The summed E-state index contributed by atoms with van der Waals surface area (Å²) in [6.07, 6.45) is 2.82. The van der Waals surface area contributed by atoms with Gasteiger partial charge in [0, 0.05) is 12.7 Å². The Hall–Kier alpha value is -1.45. The van der Waals surface area contributed by atoms with Crippen LogP contribution in [0, 0.1) is 0 Å². The molecule has 1 heterocycles. The Labute approximate surface area is 128 Å². The number of nitrogens with zero attached hydrogens (tertiary/aromatic N) is 1. The molecule has 0 bridgehead atoms. The number of ether oxygens (including phenoxy) is 1. The van der Waals surface area contributed by atoms with Gasteiger partial charge in [-0.25, -0.2) is 4.98 Å². The van der Waals surface area contributed by atoms with Crippen molar-refractivity contribution in [2.24, 2.45) is 0 Å². The van der Waals surface area contributed by atoms with Gasteiger partial charge in [-0.3, -0.25) is 0 Å². The fourth-order valence-corrected chi connectivity index (χ4v) is 2.02. The van der Waals surface area contributed by atoms with E-state index in [1.54, 1.807) is 18.3 Å². The standard InChI is InChI=1S/C15H16Cl2N2O/c1-2-7-18-14-9-11(6-8-19-14)10-20-13-5-3-4-12(16)15(13)17/h3-6,8-9H,2,7,10H2,1H3,(H,18,19). The molecule has 0 aliphatic heterocycles. The summed E-state index contributed by atoms with van der Waals surface area (Å²) in [4.78, 5) is 4.25. The predicted molar refractivity (Wildman–Crippen MR) is 83.8 cm³/mol. The zero-order valence-electron chi connectivity index (χ0n) is 11.2. The summed E-state index contributed by atoms with van der Waals surface area (Å²) in [6, 6.07) is 9.22. The molecule has 0 amide bonds. The van der Waals surface area contributed by atoms with E-state index in [4.69, 9.17) is 27.9 Å². The maximum atomic E-state index is 6.08. The summed E-state index contributed by atoms with van der Waals surface area (Å²) in [5.41, 5.74) is 1.02. The molecule has 20 heavy (non-hydrogen) atoms. The van der Waals surface area contributed by atoms with Crippen LogP contribution in [0.3, 0.4) is 0 Å². The van der Waals surface area contributed by atoms with E-state index in [2.05, 4.69) is 17.2 Å². The van der Waals surface area contributed by atoms with Crippen molar-refractivity contribution in [3.8, 4) is 5.75 Å². The van der Waals surface area contributed by atoms with Crippen LogP contribution < -0.4 is 10.1 Å². The maximum absolute atomic E-state index is 6.08. The van der Waals surface area contributed by atoms with E-state index >= 15 is 0 Å². The molecule has 0 aliphatic rings. The molecule has 0 spiro atoms. The van der Waals surface area contributed by atoms with Gasteiger partial charge in [-0.1, -0.05) is 36.2 Å². The molecule has 1 aromatic carbocycles. The average Bonchev–Trinajstić information content (AvgIpc) is 2.47. The lowest BCUT2D eigenvalue weighted by Gasteiger charge is -2.10. The molecule has 106 valence electrons. The quantitative estimate of drug-likeness (QED) is 0.833. The van der Waals surface area contributed by atoms with Crippen molar-refractivity contribution < 1.29 is 4.74 Å². The molecule has 1 aromatic heterocycles. The van der Waals surface area contributed by atoms with Crippen LogP contribution in [0.2, 0.25) is 10.0 Å². The highest BCUT2D eigenvalue weighted by atomic mass is 35.5. The van der Waals surface area contributed by atoms with E-state index in [9.17, 15) is 0 Å². The largest absolute Gasteiger partial charge is 0.487 e. The lowest BCUT2D eigenvalue weighted by molar-refractivity contribution is 0.306. The monoisotopic (exact) mass is 310 g/mol. The SMILES string of the molecule is CCCNc1cc(COc2cccc(Cl)c2Cl)ccn1. The fourth-order valence-electron chi connectivity index (χ4n) is 1.67. The molecule has 0 saturated carbocycles. The normalized spacial score (nSPS) is 10.3. The van der Waals surface area contributed by atoms with Crippen LogP contribution in [0.15, 0.2) is 36.5 Å². The molecule has 0 atom stereocenters. The third-order valence-corrected chi connectivity index (χ3v) is 3.49. The van der Waals surface area contributed by atoms with E-state index < -0.39 is 0 Å². The lowest BCUT2D eigenvalue weighted by atomic mass is 10.2. The topological polar surface area (TPSA) is 34.1 Å². The third kappa shape index (κ3) is 4.02. The number of aromatic nitrogens is 1. The van der Waals surface area contributed by atoms with Crippen LogP contribution >= 0.6 is 23.2 Å². The number of anilines is 1. The number of rotatable bonds is 6. The van der Waals surface area contributed by atoms with E-state index in [1.165, 1.54) is 0 Å². The first kappa shape index (κ1) is 14.9. The molecular formula is C15H16Cl2N2O. The Balaban J connectivity index is 2.01. The van der Waals surface area contributed by atoms with Crippen LogP contribution in [-0.2, 0) is 6.61 Å². The van der Waals surface area contributed by atoms with Gasteiger partial charge in [-0.05, 0) is 36.2 Å². The number of hydrogen-bond acceptors (Lipinski definition) is 3. The van der Waals surface area contributed by atoms with Crippen LogP contribution in [-0.4, -0.2) is 11.5 Å². The molecule has 0 fully saturated rings. The molecule has 3 nitrogen and oxygen atoms in total. The first-order chi connectivity index (χ1) is 9.70. The van der Waals surface area contributed by atoms with Crippen molar-refractivity contribution in [2.45, 2.75) is 20.0 Å². The minimum absolute atomic E-state index is 0.420. The Morgan fingerprint density at radius 2 is 2.10 bits per heavy atom. The third-order valence-electron chi connectivity index (χ3n) is 2.69.